The normalized spacial score (nSPS) is 18.4. The molecule has 1 aromatic carbocycles. The van der Waals surface area contributed by atoms with Gasteiger partial charge in [0.15, 0.2) is 6.04 Å². The Bertz CT molecular complexity index is 797. The third kappa shape index (κ3) is 3.06. The van der Waals surface area contributed by atoms with Crippen molar-refractivity contribution in [1.29, 1.82) is 0 Å². The second-order valence-electron chi connectivity index (χ2n) is 4.92. The SMILES string of the molecule is NC1=C(c2ccc(Cl)c(Br)c2)C(C(F)(F)F)NN1c1ncccn1. The average Bonchev–Trinajstić information content (AvgIpc) is 2.89. The van der Waals surface area contributed by atoms with Crippen molar-refractivity contribution in [2.24, 2.45) is 5.73 Å². The highest BCUT2D eigenvalue weighted by atomic mass is 79.9. The number of nitrogens with one attached hydrogen (secondary N) is 1. The van der Waals surface area contributed by atoms with E-state index < -0.39 is 12.2 Å². The summed E-state index contributed by atoms with van der Waals surface area (Å²) in [6.45, 7) is 0. The van der Waals surface area contributed by atoms with Crippen LogP contribution in [0.25, 0.3) is 5.57 Å². The number of alkyl halides is 3. The fourth-order valence-corrected chi connectivity index (χ4v) is 2.82. The summed E-state index contributed by atoms with van der Waals surface area (Å²) in [6, 6.07) is 4.02. The lowest BCUT2D eigenvalue weighted by molar-refractivity contribution is -0.140. The highest BCUT2D eigenvalue weighted by Gasteiger charge is 2.49. The van der Waals surface area contributed by atoms with E-state index in [-0.39, 0.29) is 22.9 Å². The molecule has 3 N–H and O–H groups in total. The highest BCUT2D eigenvalue weighted by Crippen LogP contribution is 2.39. The maximum atomic E-state index is 13.5. The number of aromatic nitrogens is 2. The van der Waals surface area contributed by atoms with Gasteiger partial charge in [0.2, 0.25) is 5.95 Å². The minimum absolute atomic E-state index is 0.0206. The van der Waals surface area contributed by atoms with Crippen molar-refractivity contribution in [2.45, 2.75) is 12.2 Å². The summed E-state index contributed by atoms with van der Waals surface area (Å²) in [7, 11) is 0. The molecule has 0 bridgehead atoms. The molecular formula is C14H10BrClF3N5. The van der Waals surface area contributed by atoms with Crippen LogP contribution in [-0.2, 0) is 0 Å². The van der Waals surface area contributed by atoms with Crippen LogP contribution in [0.3, 0.4) is 0 Å². The Morgan fingerprint density at radius 2 is 1.92 bits per heavy atom. The van der Waals surface area contributed by atoms with Crippen molar-refractivity contribution in [1.82, 2.24) is 15.4 Å². The van der Waals surface area contributed by atoms with Crippen LogP contribution in [0.15, 0.2) is 47.0 Å². The van der Waals surface area contributed by atoms with E-state index in [9.17, 15) is 13.2 Å². The first-order valence-electron chi connectivity index (χ1n) is 6.64. The molecule has 1 unspecified atom stereocenters. The van der Waals surface area contributed by atoms with Crippen molar-refractivity contribution in [2.75, 3.05) is 5.01 Å². The molecule has 0 amide bonds. The minimum atomic E-state index is -4.56. The number of rotatable bonds is 2. The van der Waals surface area contributed by atoms with E-state index in [0.717, 1.165) is 5.01 Å². The van der Waals surface area contributed by atoms with E-state index in [4.69, 9.17) is 17.3 Å². The van der Waals surface area contributed by atoms with Crippen molar-refractivity contribution in [3.8, 4) is 0 Å². The lowest BCUT2D eigenvalue weighted by atomic mass is 9.99. The largest absolute Gasteiger partial charge is 0.409 e. The fourth-order valence-electron chi connectivity index (χ4n) is 2.32. The predicted molar refractivity (Wildman–Crippen MR) is 87.7 cm³/mol. The van der Waals surface area contributed by atoms with Crippen molar-refractivity contribution >= 4 is 39.1 Å². The zero-order valence-electron chi connectivity index (χ0n) is 11.9. The zero-order chi connectivity index (χ0) is 17.5. The van der Waals surface area contributed by atoms with Crippen LogP contribution in [0.2, 0.25) is 5.02 Å². The lowest BCUT2D eigenvalue weighted by Crippen LogP contribution is -2.46. The van der Waals surface area contributed by atoms with E-state index in [0.29, 0.717) is 9.50 Å². The van der Waals surface area contributed by atoms with Gasteiger partial charge in [-0.2, -0.15) is 13.2 Å². The third-order valence-corrected chi connectivity index (χ3v) is 4.59. The molecule has 126 valence electrons. The van der Waals surface area contributed by atoms with Crippen molar-refractivity contribution < 1.29 is 13.2 Å². The van der Waals surface area contributed by atoms with E-state index in [2.05, 4.69) is 31.3 Å². The average molecular weight is 421 g/mol. The summed E-state index contributed by atoms with van der Waals surface area (Å²) in [5, 5.41) is 1.41. The summed E-state index contributed by atoms with van der Waals surface area (Å²) in [5.41, 5.74) is 8.46. The minimum Gasteiger partial charge on any atom is -0.384 e. The molecule has 24 heavy (non-hydrogen) atoms. The number of nitrogens with zero attached hydrogens (tertiary/aromatic N) is 3. The summed E-state index contributed by atoms with van der Waals surface area (Å²) in [5.74, 6) is -0.106. The molecule has 0 aliphatic carbocycles. The Kier molecular flexibility index (Phi) is 4.41. The second-order valence-corrected chi connectivity index (χ2v) is 6.18. The van der Waals surface area contributed by atoms with Crippen molar-refractivity contribution in [3.63, 3.8) is 0 Å². The Morgan fingerprint density at radius 1 is 1.25 bits per heavy atom. The quantitative estimate of drug-likeness (QED) is 0.779. The fraction of sp³-hybridized carbons (Fsp3) is 0.143. The summed E-state index contributed by atoms with van der Waals surface area (Å²) >= 11 is 9.12. The van der Waals surface area contributed by atoms with Crippen LogP contribution in [0.4, 0.5) is 19.1 Å². The van der Waals surface area contributed by atoms with Gasteiger partial charge in [-0.3, -0.25) is 0 Å². The number of nitrogens with two attached hydrogens (primary N) is 1. The number of hydrogen-bond donors (Lipinski definition) is 2. The van der Waals surface area contributed by atoms with Crippen LogP contribution in [-0.4, -0.2) is 22.2 Å². The molecule has 10 heteroatoms. The standard InChI is InChI=1S/C14H10BrClF3N5/c15-8-6-7(2-3-9(8)16)10-11(14(17,18)19)23-24(12(10)20)13-21-4-1-5-22-13/h1-6,11,23H,20H2. The molecule has 0 saturated heterocycles. The topological polar surface area (TPSA) is 67.1 Å². The monoisotopic (exact) mass is 419 g/mol. The summed E-state index contributed by atoms with van der Waals surface area (Å²) in [6.07, 6.45) is -1.73. The molecule has 3 rings (SSSR count). The van der Waals surface area contributed by atoms with E-state index >= 15 is 0 Å². The van der Waals surface area contributed by atoms with E-state index in [1.54, 1.807) is 6.07 Å². The Labute approximate surface area is 148 Å². The summed E-state index contributed by atoms with van der Waals surface area (Å²) < 4.78 is 40.9. The van der Waals surface area contributed by atoms with Crippen LogP contribution in [0.5, 0.6) is 0 Å². The molecule has 0 fully saturated rings. The van der Waals surface area contributed by atoms with Gasteiger partial charge in [-0.25, -0.2) is 20.4 Å². The molecule has 1 atom stereocenters. The number of anilines is 1. The molecule has 0 radical (unpaired) electrons. The molecule has 2 aromatic rings. The third-order valence-electron chi connectivity index (χ3n) is 3.37. The van der Waals surface area contributed by atoms with Gasteiger partial charge in [0.1, 0.15) is 5.82 Å². The maximum Gasteiger partial charge on any atom is 0.409 e. The number of hydrogen-bond acceptors (Lipinski definition) is 5. The van der Waals surface area contributed by atoms with Gasteiger partial charge < -0.3 is 5.73 Å². The molecule has 5 nitrogen and oxygen atoms in total. The number of benzene rings is 1. The Morgan fingerprint density at radius 3 is 2.50 bits per heavy atom. The number of halogens is 5. The molecule has 1 aromatic heterocycles. The smallest absolute Gasteiger partial charge is 0.384 e. The maximum absolute atomic E-state index is 13.5. The van der Waals surface area contributed by atoms with Crippen LogP contribution >= 0.6 is 27.5 Å². The highest BCUT2D eigenvalue weighted by molar-refractivity contribution is 9.10. The number of hydrazine groups is 1. The van der Waals surface area contributed by atoms with Gasteiger partial charge in [0.05, 0.1) is 5.02 Å². The van der Waals surface area contributed by atoms with Gasteiger partial charge in [0.25, 0.3) is 0 Å². The predicted octanol–water partition coefficient (Wildman–Crippen LogP) is 3.48. The van der Waals surface area contributed by atoms with Gasteiger partial charge in [-0.15, -0.1) is 0 Å². The lowest BCUT2D eigenvalue weighted by Gasteiger charge is -2.21. The van der Waals surface area contributed by atoms with Crippen LogP contribution in [0, 0.1) is 0 Å². The summed E-state index contributed by atoms with van der Waals surface area (Å²) in [4.78, 5) is 7.86. The first-order valence-corrected chi connectivity index (χ1v) is 7.81. The van der Waals surface area contributed by atoms with Gasteiger partial charge in [0, 0.05) is 22.4 Å². The Hall–Kier alpha value is -1.84. The van der Waals surface area contributed by atoms with E-state index in [1.165, 1.54) is 30.6 Å². The molecule has 0 saturated carbocycles. The Balaban J connectivity index is 2.12. The molecule has 0 spiro atoms. The first-order chi connectivity index (χ1) is 11.3. The van der Waals surface area contributed by atoms with E-state index in [1.807, 2.05) is 0 Å². The molecule has 2 heterocycles. The second kappa shape index (κ2) is 6.23. The van der Waals surface area contributed by atoms with Gasteiger partial charge in [-0.1, -0.05) is 17.7 Å². The van der Waals surface area contributed by atoms with Gasteiger partial charge in [-0.05, 0) is 39.7 Å². The molecule has 1 aliphatic rings. The molecular weight excluding hydrogens is 411 g/mol. The first kappa shape index (κ1) is 17.0. The zero-order valence-corrected chi connectivity index (χ0v) is 14.2. The van der Waals surface area contributed by atoms with Crippen LogP contribution < -0.4 is 16.2 Å². The molecule has 1 aliphatic heterocycles. The van der Waals surface area contributed by atoms with Crippen LogP contribution in [0.1, 0.15) is 5.56 Å². The van der Waals surface area contributed by atoms with Crippen molar-refractivity contribution in [3.05, 3.63) is 57.5 Å². The van der Waals surface area contributed by atoms with Gasteiger partial charge >= 0.3 is 6.18 Å².